The summed E-state index contributed by atoms with van der Waals surface area (Å²) in [4.78, 5) is 0. The van der Waals surface area contributed by atoms with Crippen molar-refractivity contribution in [1.82, 2.24) is 0 Å². The largest absolute Gasteiger partial charge is 0.377 e. The highest BCUT2D eigenvalue weighted by Gasteiger charge is 1.97. The topological polar surface area (TPSA) is 111 Å². The van der Waals surface area contributed by atoms with Crippen LogP contribution in [-0.2, 0) is 56.8 Å². The van der Waals surface area contributed by atoms with Crippen molar-refractivity contribution in [2.75, 3.05) is 152 Å². The molecule has 0 aliphatic carbocycles. The van der Waals surface area contributed by atoms with Crippen LogP contribution in [0.1, 0.15) is 13.8 Å². The smallest absolute Gasteiger partial charge is 0.107 e. The van der Waals surface area contributed by atoms with Crippen LogP contribution in [0.3, 0.4) is 0 Å². The van der Waals surface area contributed by atoms with Gasteiger partial charge in [0.05, 0.1) is 151 Å². The molecular weight excluding hydrogens is 528 g/mol. The predicted octanol–water partition coefficient (Wildman–Crippen LogP) is 1.23. The van der Waals surface area contributed by atoms with Gasteiger partial charge in [0.2, 0.25) is 0 Å². The number of ether oxygens (including phenoxy) is 12. The molecule has 40 heavy (non-hydrogen) atoms. The molecule has 0 spiro atoms. The standard InChI is InChI=1S/C28H54O12/c1-4-5-29-6-7-30-8-9-31-10-11-32-12-13-33-14-15-34-16-17-35-18-19-36-20-21-37-22-23-38-24-25-39-26-27-40-28(2)3/h1,28H,5-27H2,2-3H3. The first-order valence-electron chi connectivity index (χ1n) is 14.2. The van der Waals surface area contributed by atoms with E-state index in [-0.39, 0.29) is 6.10 Å². The van der Waals surface area contributed by atoms with E-state index in [1.165, 1.54) is 0 Å². The minimum atomic E-state index is 0.232. The van der Waals surface area contributed by atoms with E-state index in [1.54, 1.807) is 0 Å². The van der Waals surface area contributed by atoms with Crippen molar-refractivity contribution in [3.05, 3.63) is 0 Å². The molecule has 0 saturated heterocycles. The Labute approximate surface area is 241 Å². The minimum Gasteiger partial charge on any atom is -0.377 e. The summed E-state index contributed by atoms with van der Waals surface area (Å²) >= 11 is 0. The van der Waals surface area contributed by atoms with Crippen molar-refractivity contribution in [3.8, 4) is 12.3 Å². The molecule has 12 nitrogen and oxygen atoms in total. The quantitative estimate of drug-likeness (QED) is 0.0792. The Kier molecular flexibility index (Phi) is 35.3. The molecule has 0 aliphatic heterocycles. The van der Waals surface area contributed by atoms with E-state index in [4.69, 9.17) is 63.3 Å². The van der Waals surface area contributed by atoms with Gasteiger partial charge in [0.1, 0.15) is 6.61 Å². The van der Waals surface area contributed by atoms with Crippen molar-refractivity contribution in [2.24, 2.45) is 0 Å². The molecule has 0 N–H and O–H groups in total. The SMILES string of the molecule is C#CCOCCOCCOCCOCCOCCOCCOCCOCCOCCOCCOCCOC(C)C. The van der Waals surface area contributed by atoms with E-state index in [0.29, 0.717) is 152 Å². The van der Waals surface area contributed by atoms with Gasteiger partial charge in [0.15, 0.2) is 0 Å². The maximum Gasteiger partial charge on any atom is 0.107 e. The Morgan fingerprint density at radius 3 is 0.750 bits per heavy atom. The lowest BCUT2D eigenvalue weighted by Crippen LogP contribution is -2.15. The second-order valence-electron chi connectivity index (χ2n) is 8.30. The third-order valence-corrected chi connectivity index (χ3v) is 4.58. The maximum atomic E-state index is 5.46. The van der Waals surface area contributed by atoms with Crippen molar-refractivity contribution < 1.29 is 56.8 Å². The lowest BCUT2D eigenvalue weighted by molar-refractivity contribution is -0.0291. The number of rotatable bonds is 35. The van der Waals surface area contributed by atoms with E-state index in [2.05, 4.69) is 5.92 Å². The molecule has 0 bridgehead atoms. The lowest BCUT2D eigenvalue weighted by atomic mass is 10.5. The van der Waals surface area contributed by atoms with Gasteiger partial charge in [-0.15, -0.1) is 6.42 Å². The second-order valence-corrected chi connectivity index (χ2v) is 8.30. The van der Waals surface area contributed by atoms with Gasteiger partial charge in [0.25, 0.3) is 0 Å². The summed E-state index contributed by atoms with van der Waals surface area (Å²) in [5.41, 5.74) is 0. The summed E-state index contributed by atoms with van der Waals surface area (Å²) in [5, 5.41) is 0. The van der Waals surface area contributed by atoms with Crippen LogP contribution >= 0.6 is 0 Å². The van der Waals surface area contributed by atoms with Crippen LogP contribution < -0.4 is 0 Å². The third-order valence-electron chi connectivity index (χ3n) is 4.58. The first-order chi connectivity index (χ1) is 19.8. The van der Waals surface area contributed by atoms with Gasteiger partial charge in [-0.05, 0) is 13.8 Å². The monoisotopic (exact) mass is 582 g/mol. The molecule has 0 fully saturated rings. The Morgan fingerprint density at radius 2 is 0.550 bits per heavy atom. The van der Waals surface area contributed by atoms with Gasteiger partial charge in [-0.1, -0.05) is 5.92 Å². The van der Waals surface area contributed by atoms with E-state index < -0.39 is 0 Å². The summed E-state index contributed by atoms with van der Waals surface area (Å²) in [5.74, 6) is 2.40. The van der Waals surface area contributed by atoms with Crippen molar-refractivity contribution in [2.45, 2.75) is 20.0 Å². The van der Waals surface area contributed by atoms with E-state index in [1.807, 2.05) is 13.8 Å². The molecule has 0 amide bonds. The van der Waals surface area contributed by atoms with Crippen LogP contribution in [0.25, 0.3) is 0 Å². The highest BCUT2D eigenvalue weighted by Crippen LogP contribution is 1.89. The summed E-state index contributed by atoms with van der Waals surface area (Å²) < 4.78 is 64.8. The summed E-state index contributed by atoms with van der Waals surface area (Å²) in [6.45, 7) is 15.9. The van der Waals surface area contributed by atoms with Gasteiger partial charge in [-0.3, -0.25) is 0 Å². The van der Waals surface area contributed by atoms with Crippen LogP contribution in [0.2, 0.25) is 0 Å². The van der Waals surface area contributed by atoms with Crippen LogP contribution in [-0.4, -0.2) is 158 Å². The predicted molar refractivity (Wildman–Crippen MR) is 149 cm³/mol. The Hall–Kier alpha value is -0.920. The molecule has 0 saturated carbocycles. The molecule has 0 aliphatic rings. The summed E-state index contributed by atoms with van der Waals surface area (Å²) in [6, 6.07) is 0. The zero-order valence-corrected chi connectivity index (χ0v) is 24.8. The average molecular weight is 583 g/mol. The molecule has 0 aromatic rings. The Bertz CT molecular complexity index is 504. The maximum absolute atomic E-state index is 5.46. The van der Waals surface area contributed by atoms with Gasteiger partial charge >= 0.3 is 0 Å². The zero-order chi connectivity index (χ0) is 29.0. The number of hydrogen-bond donors (Lipinski definition) is 0. The van der Waals surface area contributed by atoms with Crippen molar-refractivity contribution in [1.29, 1.82) is 0 Å². The van der Waals surface area contributed by atoms with Gasteiger partial charge in [0, 0.05) is 0 Å². The molecule has 0 radical (unpaired) electrons. The zero-order valence-electron chi connectivity index (χ0n) is 24.8. The molecular formula is C28H54O12. The van der Waals surface area contributed by atoms with Crippen molar-refractivity contribution in [3.63, 3.8) is 0 Å². The molecule has 0 atom stereocenters. The van der Waals surface area contributed by atoms with Crippen LogP contribution in [0.5, 0.6) is 0 Å². The number of terminal acetylenes is 1. The van der Waals surface area contributed by atoms with Gasteiger partial charge < -0.3 is 56.8 Å². The fourth-order valence-corrected chi connectivity index (χ4v) is 2.67. The molecule has 0 aromatic heterocycles. The highest BCUT2D eigenvalue weighted by molar-refractivity contribution is 4.82. The van der Waals surface area contributed by atoms with Gasteiger partial charge in [-0.2, -0.15) is 0 Å². The van der Waals surface area contributed by atoms with Crippen molar-refractivity contribution >= 4 is 0 Å². The van der Waals surface area contributed by atoms with E-state index in [0.717, 1.165) is 0 Å². The summed E-state index contributed by atoms with van der Waals surface area (Å²) in [7, 11) is 0. The molecule has 0 heterocycles. The normalized spacial score (nSPS) is 11.4. The molecule has 0 aromatic carbocycles. The Balaban J connectivity index is 3.03. The van der Waals surface area contributed by atoms with Crippen LogP contribution in [0.4, 0.5) is 0 Å². The lowest BCUT2D eigenvalue weighted by Gasteiger charge is -2.09. The first-order valence-corrected chi connectivity index (χ1v) is 14.2. The average Bonchev–Trinajstić information content (AvgIpc) is 2.95. The third kappa shape index (κ3) is 37.1. The Morgan fingerprint density at radius 1 is 0.350 bits per heavy atom. The fraction of sp³-hybridized carbons (Fsp3) is 0.929. The second kappa shape index (κ2) is 36.1. The van der Waals surface area contributed by atoms with E-state index in [9.17, 15) is 0 Å². The van der Waals surface area contributed by atoms with Gasteiger partial charge in [-0.25, -0.2) is 0 Å². The summed E-state index contributed by atoms with van der Waals surface area (Å²) in [6.07, 6.45) is 5.31. The van der Waals surface area contributed by atoms with Crippen LogP contribution in [0.15, 0.2) is 0 Å². The fourth-order valence-electron chi connectivity index (χ4n) is 2.67. The highest BCUT2D eigenvalue weighted by atomic mass is 16.6. The first kappa shape index (κ1) is 39.1. The van der Waals surface area contributed by atoms with Crippen LogP contribution in [0, 0.1) is 12.3 Å². The molecule has 12 heteroatoms. The number of hydrogen-bond acceptors (Lipinski definition) is 12. The molecule has 0 rings (SSSR count). The molecule has 238 valence electrons. The van der Waals surface area contributed by atoms with E-state index >= 15 is 0 Å². The molecule has 0 unspecified atom stereocenters. The minimum absolute atomic E-state index is 0.232.